The number of carbonyl (C=O) groups excluding carboxylic acids is 1. The minimum atomic E-state index is -0.239. The van der Waals surface area contributed by atoms with Gasteiger partial charge in [0.2, 0.25) is 0 Å². The molecule has 1 amide bonds. The molecule has 0 aliphatic carbocycles. The van der Waals surface area contributed by atoms with Crippen LogP contribution in [0.1, 0.15) is 10.5 Å². The molecular formula is C15H11BrN4O. The molecule has 0 saturated carbocycles. The van der Waals surface area contributed by atoms with Crippen molar-refractivity contribution in [3.05, 3.63) is 65.2 Å². The van der Waals surface area contributed by atoms with Crippen molar-refractivity contribution in [2.75, 3.05) is 5.32 Å². The molecule has 3 aromatic rings. The average Bonchev–Trinajstić information content (AvgIpc) is 2.96. The summed E-state index contributed by atoms with van der Waals surface area (Å²) in [5.41, 5.74) is 1.95. The van der Waals surface area contributed by atoms with Gasteiger partial charge in [0, 0.05) is 16.2 Å². The molecule has 21 heavy (non-hydrogen) atoms. The predicted molar refractivity (Wildman–Crippen MR) is 83.9 cm³/mol. The van der Waals surface area contributed by atoms with Crippen LogP contribution in [0.5, 0.6) is 0 Å². The van der Waals surface area contributed by atoms with Crippen molar-refractivity contribution in [2.24, 2.45) is 0 Å². The maximum Gasteiger partial charge on any atom is 0.272 e. The minimum absolute atomic E-state index is 0.239. The first-order valence-electron chi connectivity index (χ1n) is 6.25. The third-order valence-electron chi connectivity index (χ3n) is 2.83. The molecule has 0 bridgehead atoms. The molecule has 0 spiro atoms. The number of aromatic nitrogens is 3. The number of rotatable bonds is 3. The fraction of sp³-hybridized carbons (Fsp3) is 0. The van der Waals surface area contributed by atoms with Crippen LogP contribution >= 0.6 is 15.9 Å². The number of carbonyl (C=O) groups is 1. The Morgan fingerprint density at radius 2 is 1.86 bits per heavy atom. The Morgan fingerprint density at radius 1 is 1.14 bits per heavy atom. The van der Waals surface area contributed by atoms with Gasteiger partial charge in [-0.25, -0.2) is 9.97 Å². The highest BCUT2D eigenvalue weighted by atomic mass is 79.9. The second-order valence-electron chi connectivity index (χ2n) is 4.35. The van der Waals surface area contributed by atoms with E-state index in [2.05, 4.69) is 36.2 Å². The predicted octanol–water partition coefficient (Wildman–Crippen LogP) is 3.49. The molecule has 6 heteroatoms. The zero-order valence-electron chi connectivity index (χ0n) is 10.9. The molecule has 3 rings (SSSR count). The summed E-state index contributed by atoms with van der Waals surface area (Å²) in [4.78, 5) is 23.3. The fourth-order valence-corrected chi connectivity index (χ4v) is 2.17. The molecule has 0 aliphatic rings. The third kappa shape index (κ3) is 3.17. The highest BCUT2D eigenvalue weighted by molar-refractivity contribution is 9.10. The normalized spacial score (nSPS) is 10.3. The molecule has 2 heterocycles. The molecular weight excluding hydrogens is 332 g/mol. The van der Waals surface area contributed by atoms with Crippen molar-refractivity contribution in [1.82, 2.24) is 15.0 Å². The minimum Gasteiger partial charge on any atom is -0.356 e. The number of amides is 1. The molecule has 1 aromatic carbocycles. The Balaban J connectivity index is 1.74. The van der Waals surface area contributed by atoms with Gasteiger partial charge in [0.15, 0.2) is 5.82 Å². The first kappa shape index (κ1) is 13.5. The van der Waals surface area contributed by atoms with Crippen LogP contribution < -0.4 is 5.32 Å². The van der Waals surface area contributed by atoms with E-state index in [0.717, 1.165) is 10.0 Å². The van der Waals surface area contributed by atoms with Crippen LogP contribution in [0.15, 0.2) is 59.5 Å². The zero-order chi connectivity index (χ0) is 14.7. The molecule has 0 saturated heterocycles. The Kier molecular flexibility index (Phi) is 3.79. The maximum absolute atomic E-state index is 12.0. The maximum atomic E-state index is 12.0. The molecule has 104 valence electrons. The van der Waals surface area contributed by atoms with Crippen LogP contribution in [0.4, 0.5) is 5.69 Å². The van der Waals surface area contributed by atoms with Crippen molar-refractivity contribution in [2.45, 2.75) is 0 Å². The Morgan fingerprint density at radius 3 is 2.48 bits per heavy atom. The summed E-state index contributed by atoms with van der Waals surface area (Å²) in [7, 11) is 0. The van der Waals surface area contributed by atoms with Crippen molar-refractivity contribution in [3.63, 3.8) is 0 Å². The van der Waals surface area contributed by atoms with E-state index in [1.165, 1.54) is 0 Å². The second kappa shape index (κ2) is 5.88. The fourth-order valence-electron chi connectivity index (χ4n) is 1.83. The zero-order valence-corrected chi connectivity index (χ0v) is 12.5. The number of nitrogens with one attached hydrogen (secondary N) is 2. The summed E-state index contributed by atoms with van der Waals surface area (Å²) in [6, 6.07) is 11.4. The summed E-state index contributed by atoms with van der Waals surface area (Å²) in [6.07, 6.45) is 4.88. The number of hydrogen-bond acceptors (Lipinski definition) is 3. The molecule has 2 aromatic heterocycles. The van der Waals surface area contributed by atoms with Crippen LogP contribution in [-0.4, -0.2) is 20.9 Å². The number of nitrogens with zero attached hydrogens (tertiary/aromatic N) is 2. The van der Waals surface area contributed by atoms with Crippen molar-refractivity contribution in [3.8, 4) is 11.4 Å². The van der Waals surface area contributed by atoms with E-state index in [1.54, 1.807) is 24.7 Å². The van der Waals surface area contributed by atoms with E-state index < -0.39 is 0 Å². The van der Waals surface area contributed by atoms with Gasteiger partial charge in [0.1, 0.15) is 5.69 Å². The van der Waals surface area contributed by atoms with Crippen molar-refractivity contribution >= 4 is 27.5 Å². The standard InChI is InChI=1S/C15H11BrN4O/c16-11-6-13(17-7-11)15(21)20-12-8-18-14(19-9-12)10-4-2-1-3-5-10/h1-9,17H,(H,20,21). The Bertz CT molecular complexity index is 753. The lowest BCUT2D eigenvalue weighted by Gasteiger charge is -2.04. The SMILES string of the molecule is O=C(Nc1cnc(-c2ccccc2)nc1)c1cc(Br)c[nH]1. The first-order chi connectivity index (χ1) is 10.2. The highest BCUT2D eigenvalue weighted by Crippen LogP contribution is 2.16. The van der Waals surface area contributed by atoms with Gasteiger partial charge in [0.25, 0.3) is 5.91 Å². The smallest absolute Gasteiger partial charge is 0.272 e. The molecule has 2 N–H and O–H groups in total. The van der Waals surface area contributed by atoms with E-state index in [4.69, 9.17) is 0 Å². The van der Waals surface area contributed by atoms with Gasteiger partial charge < -0.3 is 10.3 Å². The van der Waals surface area contributed by atoms with Crippen molar-refractivity contribution < 1.29 is 4.79 Å². The van der Waals surface area contributed by atoms with Crippen LogP contribution in [0, 0.1) is 0 Å². The van der Waals surface area contributed by atoms with Gasteiger partial charge in [0.05, 0.1) is 18.1 Å². The molecule has 5 nitrogen and oxygen atoms in total. The second-order valence-corrected chi connectivity index (χ2v) is 5.26. The summed E-state index contributed by atoms with van der Waals surface area (Å²) in [5.74, 6) is 0.382. The quantitative estimate of drug-likeness (QED) is 0.765. The van der Waals surface area contributed by atoms with E-state index in [0.29, 0.717) is 17.2 Å². The van der Waals surface area contributed by atoms with Crippen LogP contribution in [0.2, 0.25) is 0 Å². The van der Waals surface area contributed by atoms with Crippen LogP contribution in [-0.2, 0) is 0 Å². The van der Waals surface area contributed by atoms with E-state index in [9.17, 15) is 4.79 Å². The van der Waals surface area contributed by atoms with Gasteiger partial charge in [-0.05, 0) is 22.0 Å². The first-order valence-corrected chi connectivity index (χ1v) is 7.04. The summed E-state index contributed by atoms with van der Waals surface area (Å²) < 4.78 is 0.823. The Labute approximate surface area is 129 Å². The summed E-state index contributed by atoms with van der Waals surface area (Å²) >= 11 is 3.29. The van der Waals surface area contributed by atoms with Crippen LogP contribution in [0.25, 0.3) is 11.4 Å². The van der Waals surface area contributed by atoms with Crippen LogP contribution in [0.3, 0.4) is 0 Å². The van der Waals surface area contributed by atoms with Gasteiger partial charge >= 0.3 is 0 Å². The van der Waals surface area contributed by atoms with Gasteiger partial charge in [-0.15, -0.1) is 0 Å². The van der Waals surface area contributed by atoms with E-state index in [-0.39, 0.29) is 5.91 Å². The lowest BCUT2D eigenvalue weighted by Crippen LogP contribution is -2.12. The number of halogens is 1. The highest BCUT2D eigenvalue weighted by Gasteiger charge is 2.09. The lowest BCUT2D eigenvalue weighted by molar-refractivity contribution is 0.102. The third-order valence-corrected chi connectivity index (χ3v) is 3.29. The van der Waals surface area contributed by atoms with E-state index in [1.807, 2.05) is 30.3 Å². The number of hydrogen-bond donors (Lipinski definition) is 2. The van der Waals surface area contributed by atoms with Gasteiger partial charge in [-0.3, -0.25) is 4.79 Å². The van der Waals surface area contributed by atoms with Crippen molar-refractivity contribution in [1.29, 1.82) is 0 Å². The average molecular weight is 343 g/mol. The largest absolute Gasteiger partial charge is 0.356 e. The topological polar surface area (TPSA) is 70.7 Å². The molecule has 0 radical (unpaired) electrons. The Hall–Kier alpha value is -2.47. The molecule has 0 fully saturated rings. The molecule has 0 aliphatic heterocycles. The lowest BCUT2D eigenvalue weighted by atomic mass is 10.2. The van der Waals surface area contributed by atoms with Gasteiger partial charge in [-0.1, -0.05) is 30.3 Å². The number of benzene rings is 1. The number of aromatic amines is 1. The van der Waals surface area contributed by atoms with Gasteiger partial charge in [-0.2, -0.15) is 0 Å². The summed E-state index contributed by atoms with van der Waals surface area (Å²) in [6.45, 7) is 0. The molecule has 0 atom stereocenters. The molecule has 0 unspecified atom stereocenters. The summed E-state index contributed by atoms with van der Waals surface area (Å²) in [5, 5.41) is 2.73. The number of anilines is 1. The van der Waals surface area contributed by atoms with E-state index >= 15 is 0 Å². The number of H-pyrrole nitrogens is 1. The monoisotopic (exact) mass is 342 g/mol.